The summed E-state index contributed by atoms with van der Waals surface area (Å²) in [4.78, 5) is 13.8. The number of hydrogen-bond donors (Lipinski definition) is 1. The number of nitrogens with zero attached hydrogens (tertiary/aromatic N) is 1. The summed E-state index contributed by atoms with van der Waals surface area (Å²) >= 11 is 0. The Balaban J connectivity index is 1.98. The molecule has 0 radical (unpaired) electrons. The third-order valence-electron chi connectivity index (χ3n) is 3.27. The van der Waals surface area contributed by atoms with Crippen molar-refractivity contribution in [1.82, 2.24) is 5.32 Å². The Morgan fingerprint density at radius 2 is 2.38 bits per heavy atom. The number of carbonyl (C=O) groups excluding carboxylic acids is 1. The van der Waals surface area contributed by atoms with Crippen LogP contribution in [0.15, 0.2) is 18.2 Å². The van der Waals surface area contributed by atoms with Crippen molar-refractivity contribution in [2.24, 2.45) is 0 Å². The second-order valence-corrected chi connectivity index (χ2v) is 5.09. The minimum Gasteiger partial charge on any atom is -0.484 e. The zero-order chi connectivity index (χ0) is 15.2. The summed E-state index contributed by atoms with van der Waals surface area (Å²) in [6.07, 6.45) is 0.614. The van der Waals surface area contributed by atoms with Crippen LogP contribution < -0.4 is 15.0 Å². The molecule has 1 atom stereocenters. The highest BCUT2D eigenvalue weighted by Gasteiger charge is 2.26. The summed E-state index contributed by atoms with van der Waals surface area (Å²) in [6.45, 7) is 3.80. The summed E-state index contributed by atoms with van der Waals surface area (Å²) in [5.74, 6) is -0.261. The van der Waals surface area contributed by atoms with Gasteiger partial charge in [-0.1, -0.05) is 6.07 Å². The molecule has 6 heteroatoms. The molecule has 0 saturated heterocycles. The van der Waals surface area contributed by atoms with E-state index in [4.69, 9.17) is 9.47 Å². The molecule has 21 heavy (non-hydrogen) atoms. The number of carbonyl (C=O) groups is 1. The van der Waals surface area contributed by atoms with E-state index in [9.17, 15) is 9.18 Å². The number of anilines is 1. The van der Waals surface area contributed by atoms with Crippen molar-refractivity contribution in [1.29, 1.82) is 0 Å². The van der Waals surface area contributed by atoms with E-state index in [0.717, 1.165) is 6.42 Å². The number of benzene rings is 1. The van der Waals surface area contributed by atoms with Crippen LogP contribution in [0.1, 0.15) is 13.3 Å². The van der Waals surface area contributed by atoms with Gasteiger partial charge in [0.2, 0.25) is 5.91 Å². The normalized spacial score (nSPS) is 17.1. The maximum atomic E-state index is 13.8. The van der Waals surface area contributed by atoms with E-state index >= 15 is 0 Å². The van der Waals surface area contributed by atoms with Crippen LogP contribution in [-0.2, 0) is 9.53 Å². The molecule has 0 unspecified atom stereocenters. The van der Waals surface area contributed by atoms with Gasteiger partial charge in [-0.25, -0.2) is 4.39 Å². The van der Waals surface area contributed by atoms with Gasteiger partial charge < -0.3 is 19.7 Å². The largest absolute Gasteiger partial charge is 0.484 e. The van der Waals surface area contributed by atoms with Crippen LogP contribution in [0.4, 0.5) is 10.1 Å². The first-order valence-corrected chi connectivity index (χ1v) is 7.07. The highest BCUT2D eigenvalue weighted by molar-refractivity contribution is 5.82. The van der Waals surface area contributed by atoms with Crippen LogP contribution in [0.2, 0.25) is 0 Å². The standard InChI is InChI=1S/C15H21FN2O3/c1-11-9-18(10-14(19)17-7-4-8-20-2)13-6-3-5-12(16)15(13)21-11/h3,5-6,11H,4,7-10H2,1-2H3,(H,17,19)/t11-/m1/s1. The second-order valence-electron chi connectivity index (χ2n) is 5.09. The van der Waals surface area contributed by atoms with E-state index in [2.05, 4.69) is 5.32 Å². The van der Waals surface area contributed by atoms with E-state index in [1.165, 1.54) is 6.07 Å². The molecule has 0 bridgehead atoms. The highest BCUT2D eigenvalue weighted by Crippen LogP contribution is 2.35. The predicted molar refractivity (Wildman–Crippen MR) is 78.2 cm³/mol. The van der Waals surface area contributed by atoms with Crippen LogP contribution in [0, 0.1) is 5.82 Å². The SMILES string of the molecule is COCCCNC(=O)CN1C[C@@H](C)Oc2c(F)cccc21. The first kappa shape index (κ1) is 15.6. The fourth-order valence-electron chi connectivity index (χ4n) is 2.33. The molecule has 0 aliphatic carbocycles. The lowest BCUT2D eigenvalue weighted by atomic mass is 10.2. The summed E-state index contributed by atoms with van der Waals surface area (Å²) < 4.78 is 24.2. The number of para-hydroxylation sites is 1. The van der Waals surface area contributed by atoms with E-state index in [1.807, 2.05) is 11.8 Å². The molecule has 1 aromatic rings. The summed E-state index contributed by atoms with van der Waals surface area (Å²) in [5, 5.41) is 2.83. The lowest BCUT2D eigenvalue weighted by Crippen LogP contribution is -2.44. The fraction of sp³-hybridized carbons (Fsp3) is 0.533. The van der Waals surface area contributed by atoms with E-state index in [0.29, 0.717) is 25.4 Å². The Kier molecular flexibility index (Phi) is 5.38. The number of hydrogen-bond acceptors (Lipinski definition) is 4. The van der Waals surface area contributed by atoms with Crippen molar-refractivity contribution < 1.29 is 18.7 Å². The molecule has 5 nitrogen and oxygen atoms in total. The van der Waals surface area contributed by atoms with Crippen LogP contribution >= 0.6 is 0 Å². The van der Waals surface area contributed by atoms with Gasteiger partial charge in [-0.3, -0.25) is 4.79 Å². The van der Waals surface area contributed by atoms with Crippen molar-refractivity contribution in [2.45, 2.75) is 19.4 Å². The summed E-state index contributed by atoms with van der Waals surface area (Å²) in [7, 11) is 1.63. The molecule has 1 amide bonds. The van der Waals surface area contributed by atoms with Crippen molar-refractivity contribution in [3.63, 3.8) is 0 Å². The van der Waals surface area contributed by atoms with Crippen molar-refractivity contribution in [3.8, 4) is 5.75 Å². The van der Waals surface area contributed by atoms with Gasteiger partial charge in [0.05, 0.1) is 18.8 Å². The van der Waals surface area contributed by atoms with Crippen LogP contribution in [0.5, 0.6) is 5.75 Å². The Hall–Kier alpha value is -1.82. The molecule has 1 N–H and O–H groups in total. The molecule has 1 aliphatic heterocycles. The predicted octanol–water partition coefficient (Wildman–Crippen LogP) is 1.57. The zero-order valence-electron chi connectivity index (χ0n) is 12.4. The average molecular weight is 296 g/mol. The maximum Gasteiger partial charge on any atom is 0.239 e. The number of rotatable bonds is 6. The Labute approximate surface area is 124 Å². The van der Waals surface area contributed by atoms with Crippen molar-refractivity contribution in [3.05, 3.63) is 24.0 Å². The Bertz CT molecular complexity index is 496. The minimum absolute atomic E-state index is 0.0876. The number of fused-ring (bicyclic) bond motifs is 1. The third kappa shape index (κ3) is 4.07. The highest BCUT2D eigenvalue weighted by atomic mass is 19.1. The zero-order valence-corrected chi connectivity index (χ0v) is 12.4. The first-order chi connectivity index (χ1) is 10.1. The van der Waals surface area contributed by atoms with Crippen LogP contribution in [-0.4, -0.2) is 45.4 Å². The van der Waals surface area contributed by atoms with Gasteiger partial charge >= 0.3 is 0 Å². The van der Waals surface area contributed by atoms with Gasteiger partial charge in [-0.05, 0) is 25.5 Å². The van der Waals surface area contributed by atoms with Crippen LogP contribution in [0.3, 0.4) is 0 Å². The molecule has 116 valence electrons. The molecule has 1 aliphatic rings. The lowest BCUT2D eigenvalue weighted by Gasteiger charge is -2.34. The summed E-state index contributed by atoms with van der Waals surface area (Å²) in [6, 6.07) is 4.75. The van der Waals surface area contributed by atoms with Gasteiger partial charge in [-0.15, -0.1) is 0 Å². The van der Waals surface area contributed by atoms with Crippen LogP contribution in [0.25, 0.3) is 0 Å². The van der Waals surface area contributed by atoms with Gasteiger partial charge in [-0.2, -0.15) is 0 Å². The number of ether oxygens (including phenoxy) is 2. The number of halogens is 1. The Morgan fingerprint density at radius 1 is 1.57 bits per heavy atom. The molecule has 1 aromatic carbocycles. The monoisotopic (exact) mass is 296 g/mol. The second kappa shape index (κ2) is 7.26. The third-order valence-corrected chi connectivity index (χ3v) is 3.27. The van der Waals surface area contributed by atoms with Crippen molar-refractivity contribution >= 4 is 11.6 Å². The molecule has 0 saturated carbocycles. The van der Waals surface area contributed by atoms with Crippen molar-refractivity contribution in [2.75, 3.05) is 38.3 Å². The number of methoxy groups -OCH3 is 1. The molecule has 1 heterocycles. The van der Waals surface area contributed by atoms with E-state index in [1.54, 1.807) is 19.2 Å². The molecule has 0 spiro atoms. The fourth-order valence-corrected chi connectivity index (χ4v) is 2.33. The topological polar surface area (TPSA) is 50.8 Å². The maximum absolute atomic E-state index is 13.8. The minimum atomic E-state index is -0.399. The Morgan fingerprint density at radius 3 is 3.14 bits per heavy atom. The van der Waals surface area contributed by atoms with Gasteiger partial charge in [0.1, 0.15) is 6.10 Å². The quantitative estimate of drug-likeness (QED) is 0.810. The summed E-state index contributed by atoms with van der Waals surface area (Å²) in [5.41, 5.74) is 0.625. The number of nitrogens with one attached hydrogen (secondary N) is 1. The van der Waals surface area contributed by atoms with Gasteiger partial charge in [0, 0.05) is 20.3 Å². The smallest absolute Gasteiger partial charge is 0.239 e. The number of amides is 1. The first-order valence-electron chi connectivity index (χ1n) is 7.07. The van der Waals surface area contributed by atoms with Gasteiger partial charge in [0.15, 0.2) is 11.6 Å². The van der Waals surface area contributed by atoms with E-state index in [-0.39, 0.29) is 24.3 Å². The molecule has 0 fully saturated rings. The van der Waals surface area contributed by atoms with Gasteiger partial charge in [0.25, 0.3) is 0 Å². The molecule has 2 rings (SSSR count). The lowest BCUT2D eigenvalue weighted by molar-refractivity contribution is -0.119. The molecular weight excluding hydrogens is 275 g/mol. The molecular formula is C15H21FN2O3. The average Bonchev–Trinajstić information content (AvgIpc) is 2.45. The molecule has 0 aromatic heterocycles. The van der Waals surface area contributed by atoms with E-state index < -0.39 is 5.82 Å².